The third-order valence-electron chi connectivity index (χ3n) is 2.91. The number of non-ortho nitro benzene ring substituents is 1. The number of hydrogen-bond donors (Lipinski definition) is 1. The van der Waals surface area contributed by atoms with Crippen LogP contribution in [0.25, 0.3) is 0 Å². The van der Waals surface area contributed by atoms with Gasteiger partial charge in [-0.1, -0.05) is 18.2 Å². The molecule has 1 atom stereocenters. The number of aliphatic hydroxyl groups is 1. The molecule has 0 aromatic heterocycles. The SMILES string of the molecule is O=S=C1C=CC=C(O)C1Cc1ccc([N+](=O)[O-])cc1. The van der Waals surface area contributed by atoms with E-state index in [2.05, 4.69) is 0 Å². The minimum absolute atomic E-state index is 0.0226. The Bertz CT molecular complexity index is 612. The molecule has 1 aromatic rings. The first-order valence-corrected chi connectivity index (χ1v) is 6.33. The van der Waals surface area contributed by atoms with E-state index in [1.54, 1.807) is 30.4 Å². The summed E-state index contributed by atoms with van der Waals surface area (Å²) >= 11 is 0.356. The normalized spacial score (nSPS) is 18.0. The van der Waals surface area contributed by atoms with Crippen LogP contribution in [-0.2, 0) is 17.7 Å². The molecule has 0 heterocycles. The van der Waals surface area contributed by atoms with Crippen LogP contribution in [0.4, 0.5) is 5.69 Å². The second kappa shape index (κ2) is 5.62. The summed E-state index contributed by atoms with van der Waals surface area (Å²) in [5.41, 5.74) is 0.854. The second-order valence-corrected chi connectivity index (χ2v) is 4.75. The van der Waals surface area contributed by atoms with Gasteiger partial charge in [-0.05, 0) is 24.1 Å². The summed E-state index contributed by atoms with van der Waals surface area (Å²) in [7, 11) is 0. The molecule has 1 aliphatic rings. The molecule has 2 rings (SSSR count). The fraction of sp³-hybridized carbons (Fsp3) is 0.154. The van der Waals surface area contributed by atoms with Gasteiger partial charge < -0.3 is 5.11 Å². The number of nitro benzene ring substituents is 1. The summed E-state index contributed by atoms with van der Waals surface area (Å²) in [5.74, 6) is -0.229. The minimum atomic E-state index is -0.463. The van der Waals surface area contributed by atoms with E-state index in [-0.39, 0.29) is 17.4 Å². The number of rotatable bonds is 3. The van der Waals surface area contributed by atoms with Gasteiger partial charge in [-0.25, -0.2) is 4.21 Å². The summed E-state index contributed by atoms with van der Waals surface area (Å²) in [5, 5.41) is 20.4. The van der Waals surface area contributed by atoms with Gasteiger partial charge in [0, 0.05) is 12.1 Å². The van der Waals surface area contributed by atoms with Crippen molar-refractivity contribution in [1.82, 2.24) is 0 Å². The number of nitro groups is 1. The Kier molecular flexibility index (Phi) is 3.91. The van der Waals surface area contributed by atoms with E-state index in [9.17, 15) is 19.4 Å². The van der Waals surface area contributed by atoms with Crippen molar-refractivity contribution in [2.75, 3.05) is 0 Å². The molecule has 0 spiro atoms. The van der Waals surface area contributed by atoms with Crippen molar-refractivity contribution >= 4 is 21.8 Å². The first-order valence-electron chi connectivity index (χ1n) is 5.59. The first kappa shape index (κ1) is 13.2. The zero-order chi connectivity index (χ0) is 13.8. The molecule has 0 saturated heterocycles. The Labute approximate surface area is 113 Å². The molecule has 0 aliphatic heterocycles. The predicted molar refractivity (Wildman–Crippen MR) is 73.3 cm³/mol. The smallest absolute Gasteiger partial charge is 0.269 e. The fourth-order valence-electron chi connectivity index (χ4n) is 1.90. The van der Waals surface area contributed by atoms with Crippen molar-refractivity contribution in [2.45, 2.75) is 6.42 Å². The van der Waals surface area contributed by atoms with Crippen molar-refractivity contribution < 1.29 is 14.2 Å². The molecule has 6 heteroatoms. The zero-order valence-corrected chi connectivity index (χ0v) is 10.7. The van der Waals surface area contributed by atoms with Gasteiger partial charge in [0.05, 0.1) is 27.0 Å². The molecule has 98 valence electrons. The van der Waals surface area contributed by atoms with Gasteiger partial charge in [-0.2, -0.15) is 0 Å². The standard InChI is InChI=1S/C13H11NO4S/c15-12-2-1-3-13(19-18)11(12)8-9-4-6-10(7-5-9)14(16)17/h1-7,11,15H,8H2. The van der Waals surface area contributed by atoms with Crippen molar-refractivity contribution in [3.05, 3.63) is 63.9 Å². The molecule has 5 nitrogen and oxygen atoms in total. The lowest BCUT2D eigenvalue weighted by Gasteiger charge is -2.17. The Morgan fingerprint density at radius 1 is 1.32 bits per heavy atom. The first-order chi connectivity index (χ1) is 9.11. The molecule has 1 unspecified atom stereocenters. The summed E-state index contributed by atoms with van der Waals surface area (Å²) in [4.78, 5) is 10.6. The third kappa shape index (κ3) is 2.97. The van der Waals surface area contributed by atoms with E-state index < -0.39 is 4.92 Å². The van der Waals surface area contributed by atoms with Crippen LogP contribution in [0.3, 0.4) is 0 Å². The van der Waals surface area contributed by atoms with Crippen molar-refractivity contribution in [2.24, 2.45) is 5.92 Å². The van der Waals surface area contributed by atoms with Gasteiger partial charge >= 0.3 is 0 Å². The molecule has 0 fully saturated rings. The molecule has 0 bridgehead atoms. The van der Waals surface area contributed by atoms with Gasteiger partial charge in [-0.15, -0.1) is 0 Å². The van der Waals surface area contributed by atoms with Crippen molar-refractivity contribution in [3.63, 3.8) is 0 Å². The van der Waals surface area contributed by atoms with Crippen molar-refractivity contribution in [1.29, 1.82) is 0 Å². The Morgan fingerprint density at radius 2 is 2.00 bits per heavy atom. The zero-order valence-electron chi connectivity index (χ0n) is 9.85. The molecule has 19 heavy (non-hydrogen) atoms. The lowest BCUT2D eigenvalue weighted by atomic mass is 9.91. The molecule has 1 aliphatic carbocycles. The highest BCUT2D eigenvalue weighted by Gasteiger charge is 2.21. The number of aliphatic hydroxyl groups excluding tert-OH is 1. The van der Waals surface area contributed by atoms with Crippen LogP contribution in [0.15, 0.2) is 48.3 Å². The largest absolute Gasteiger partial charge is 0.512 e. The van der Waals surface area contributed by atoms with Crippen LogP contribution in [-0.4, -0.2) is 19.1 Å². The summed E-state index contributed by atoms with van der Waals surface area (Å²) in [6.45, 7) is 0. The Morgan fingerprint density at radius 3 is 2.58 bits per heavy atom. The van der Waals surface area contributed by atoms with Gasteiger partial charge in [0.1, 0.15) is 5.76 Å². The molecule has 0 saturated carbocycles. The van der Waals surface area contributed by atoms with E-state index in [1.165, 1.54) is 12.1 Å². The van der Waals surface area contributed by atoms with Gasteiger partial charge in [0.15, 0.2) is 0 Å². The highest BCUT2D eigenvalue weighted by molar-refractivity contribution is 7.67. The van der Waals surface area contributed by atoms with Crippen LogP contribution in [0.1, 0.15) is 5.56 Å². The Hall–Kier alpha value is -2.21. The lowest BCUT2D eigenvalue weighted by molar-refractivity contribution is -0.384. The Balaban J connectivity index is 2.21. The highest BCUT2D eigenvalue weighted by Crippen LogP contribution is 2.22. The van der Waals surface area contributed by atoms with Gasteiger partial charge in [0.2, 0.25) is 0 Å². The number of hydrogen-bond acceptors (Lipinski definition) is 4. The minimum Gasteiger partial charge on any atom is -0.512 e. The monoisotopic (exact) mass is 277 g/mol. The molecule has 1 N–H and O–H groups in total. The third-order valence-corrected chi connectivity index (χ3v) is 3.52. The summed E-state index contributed by atoms with van der Waals surface area (Å²) in [6, 6.07) is 6.10. The van der Waals surface area contributed by atoms with Crippen LogP contribution < -0.4 is 0 Å². The fourth-order valence-corrected chi connectivity index (χ4v) is 2.35. The van der Waals surface area contributed by atoms with Crippen LogP contribution in [0.2, 0.25) is 0 Å². The molecule has 0 amide bonds. The second-order valence-electron chi connectivity index (χ2n) is 4.12. The van der Waals surface area contributed by atoms with Crippen molar-refractivity contribution in [3.8, 4) is 0 Å². The number of benzene rings is 1. The average molecular weight is 277 g/mol. The maximum atomic E-state index is 11.0. The summed E-state index contributed by atoms with van der Waals surface area (Å²) in [6.07, 6.45) is 5.29. The molecular weight excluding hydrogens is 266 g/mol. The van der Waals surface area contributed by atoms with Gasteiger partial charge in [0.25, 0.3) is 5.69 Å². The molecular formula is C13H11NO4S. The number of nitrogens with zero attached hydrogens (tertiary/aromatic N) is 1. The summed E-state index contributed by atoms with van der Waals surface area (Å²) < 4.78 is 11.0. The maximum absolute atomic E-state index is 11.0. The highest BCUT2D eigenvalue weighted by atomic mass is 32.1. The van der Waals surface area contributed by atoms with E-state index in [0.29, 0.717) is 22.5 Å². The van der Waals surface area contributed by atoms with E-state index in [1.807, 2.05) is 0 Å². The predicted octanol–water partition coefficient (Wildman–Crippen LogP) is 2.15. The average Bonchev–Trinajstić information content (AvgIpc) is 2.41. The van der Waals surface area contributed by atoms with E-state index >= 15 is 0 Å². The van der Waals surface area contributed by atoms with Crippen LogP contribution >= 0.6 is 0 Å². The van der Waals surface area contributed by atoms with Gasteiger partial charge in [-0.3, -0.25) is 10.1 Å². The molecule has 0 radical (unpaired) electrons. The quantitative estimate of drug-likeness (QED) is 0.521. The number of allylic oxidation sites excluding steroid dienone is 4. The topological polar surface area (TPSA) is 80.4 Å². The molecule has 1 aromatic carbocycles. The maximum Gasteiger partial charge on any atom is 0.269 e. The van der Waals surface area contributed by atoms with Crippen LogP contribution in [0, 0.1) is 16.0 Å². The van der Waals surface area contributed by atoms with E-state index in [4.69, 9.17) is 0 Å². The lowest BCUT2D eigenvalue weighted by Crippen LogP contribution is -2.20. The van der Waals surface area contributed by atoms with E-state index in [0.717, 1.165) is 5.56 Å². The van der Waals surface area contributed by atoms with Crippen LogP contribution in [0.5, 0.6) is 0 Å².